The maximum Gasteiger partial charge on any atom is 0.131 e. The van der Waals surface area contributed by atoms with E-state index in [1.54, 1.807) is 18.2 Å². The summed E-state index contributed by atoms with van der Waals surface area (Å²) in [5.41, 5.74) is 2.03. The van der Waals surface area contributed by atoms with Crippen LogP contribution in [0.4, 0.5) is 0 Å². The van der Waals surface area contributed by atoms with Crippen molar-refractivity contribution in [1.82, 2.24) is 9.78 Å². The van der Waals surface area contributed by atoms with Crippen molar-refractivity contribution in [2.24, 2.45) is 0 Å². The molecule has 0 fully saturated rings. The Hall–Kier alpha value is -1.70. The molecule has 0 spiro atoms. The van der Waals surface area contributed by atoms with Gasteiger partial charge in [0.15, 0.2) is 0 Å². The van der Waals surface area contributed by atoms with Gasteiger partial charge in [-0.2, -0.15) is 10.4 Å². The minimum Gasteiger partial charge on any atom is -0.487 e. The van der Waals surface area contributed by atoms with Gasteiger partial charge in [-0.25, -0.2) is 0 Å². The van der Waals surface area contributed by atoms with Crippen LogP contribution < -0.4 is 4.74 Å². The van der Waals surface area contributed by atoms with Crippen LogP contribution in [0.25, 0.3) is 0 Å². The zero-order valence-electron chi connectivity index (χ0n) is 11.2. The first-order valence-corrected chi connectivity index (χ1v) is 6.86. The van der Waals surface area contributed by atoms with Gasteiger partial charge in [0.1, 0.15) is 18.4 Å². The molecule has 0 atom stereocenters. The fraction of sp³-hybridized carbons (Fsp3) is 0.286. The predicted octanol–water partition coefficient (Wildman–Crippen LogP) is 3.97. The van der Waals surface area contributed by atoms with Crippen LogP contribution in [0.5, 0.6) is 5.75 Å². The van der Waals surface area contributed by atoms with Gasteiger partial charge in [0.05, 0.1) is 27.0 Å². The molecule has 1 aromatic carbocycles. The van der Waals surface area contributed by atoms with Gasteiger partial charge in [0.2, 0.25) is 0 Å². The fourth-order valence-corrected chi connectivity index (χ4v) is 2.24. The van der Waals surface area contributed by atoms with Crippen molar-refractivity contribution in [3.63, 3.8) is 0 Å². The normalized spacial score (nSPS) is 10.3. The van der Waals surface area contributed by atoms with Crippen LogP contribution in [0.15, 0.2) is 18.2 Å². The molecule has 0 bridgehead atoms. The van der Waals surface area contributed by atoms with E-state index in [2.05, 4.69) is 5.10 Å². The number of ether oxygens (including phenoxy) is 1. The van der Waals surface area contributed by atoms with Gasteiger partial charge in [0, 0.05) is 12.6 Å². The Labute approximate surface area is 127 Å². The topological polar surface area (TPSA) is 50.8 Å². The lowest BCUT2D eigenvalue weighted by Gasteiger charge is -2.09. The van der Waals surface area contributed by atoms with Crippen molar-refractivity contribution in [1.29, 1.82) is 5.26 Å². The Morgan fingerprint density at radius 2 is 2.15 bits per heavy atom. The number of rotatable bonds is 4. The zero-order chi connectivity index (χ0) is 14.7. The van der Waals surface area contributed by atoms with Crippen molar-refractivity contribution in [2.45, 2.75) is 27.0 Å². The monoisotopic (exact) mass is 309 g/mol. The zero-order valence-corrected chi connectivity index (χ0v) is 12.7. The first kappa shape index (κ1) is 14.7. The minimum atomic E-state index is 0.301. The SMILES string of the molecule is CCn1nc(C)c(Cl)c1COc1ccc(C#N)c(Cl)c1. The number of halogens is 2. The standard InChI is InChI=1S/C14H13Cl2N3O/c1-3-19-13(14(16)9(2)18-19)8-20-11-5-4-10(7-17)12(15)6-11/h4-6H,3,8H2,1-2H3. The molecule has 4 nitrogen and oxygen atoms in total. The number of benzene rings is 1. The summed E-state index contributed by atoms with van der Waals surface area (Å²) in [6.45, 7) is 4.87. The summed E-state index contributed by atoms with van der Waals surface area (Å²) in [7, 11) is 0. The van der Waals surface area contributed by atoms with Crippen LogP contribution in [0.3, 0.4) is 0 Å². The molecule has 0 aliphatic rings. The summed E-state index contributed by atoms with van der Waals surface area (Å²) in [6, 6.07) is 6.96. The molecular formula is C14H13Cl2N3O. The highest BCUT2D eigenvalue weighted by atomic mass is 35.5. The molecule has 0 aliphatic carbocycles. The number of nitriles is 1. The smallest absolute Gasteiger partial charge is 0.131 e. The Bertz CT molecular complexity index is 674. The van der Waals surface area contributed by atoms with Gasteiger partial charge < -0.3 is 4.74 Å². The summed E-state index contributed by atoms with van der Waals surface area (Å²) < 4.78 is 7.48. The molecule has 0 N–H and O–H groups in total. The van der Waals surface area contributed by atoms with Crippen molar-refractivity contribution in [2.75, 3.05) is 0 Å². The molecule has 0 unspecified atom stereocenters. The van der Waals surface area contributed by atoms with Crippen LogP contribution in [-0.4, -0.2) is 9.78 Å². The first-order chi connectivity index (χ1) is 9.56. The summed E-state index contributed by atoms with van der Waals surface area (Å²) in [6.07, 6.45) is 0. The minimum absolute atomic E-state index is 0.301. The Balaban J connectivity index is 2.17. The summed E-state index contributed by atoms with van der Waals surface area (Å²) in [4.78, 5) is 0. The second-order valence-electron chi connectivity index (χ2n) is 4.20. The van der Waals surface area contributed by atoms with E-state index in [4.69, 9.17) is 33.2 Å². The average Bonchev–Trinajstić information content (AvgIpc) is 2.72. The van der Waals surface area contributed by atoms with Crippen LogP contribution in [0.1, 0.15) is 23.9 Å². The van der Waals surface area contributed by atoms with Gasteiger partial charge in [-0.05, 0) is 26.0 Å². The van der Waals surface area contributed by atoms with E-state index in [1.165, 1.54) is 0 Å². The predicted molar refractivity (Wildman–Crippen MR) is 78.1 cm³/mol. The third-order valence-electron chi connectivity index (χ3n) is 2.89. The third kappa shape index (κ3) is 2.90. The molecule has 0 saturated heterocycles. The van der Waals surface area contributed by atoms with E-state index < -0.39 is 0 Å². The molecule has 0 saturated carbocycles. The van der Waals surface area contributed by atoms with Crippen LogP contribution in [-0.2, 0) is 13.2 Å². The van der Waals surface area contributed by atoms with Crippen molar-refractivity contribution < 1.29 is 4.74 Å². The Morgan fingerprint density at radius 3 is 2.75 bits per heavy atom. The van der Waals surface area contributed by atoms with Gasteiger partial charge in [-0.3, -0.25) is 4.68 Å². The Kier molecular flexibility index (Phi) is 4.53. The molecule has 104 valence electrons. The quantitative estimate of drug-likeness (QED) is 0.858. The van der Waals surface area contributed by atoms with Gasteiger partial charge in [-0.15, -0.1) is 0 Å². The molecule has 1 aromatic heterocycles. The van der Waals surface area contributed by atoms with E-state index in [-0.39, 0.29) is 0 Å². The fourth-order valence-electron chi connectivity index (χ4n) is 1.83. The third-order valence-corrected chi connectivity index (χ3v) is 3.69. The molecule has 6 heteroatoms. The Morgan fingerprint density at radius 1 is 1.40 bits per heavy atom. The van der Waals surface area contributed by atoms with E-state index in [9.17, 15) is 0 Å². The molecule has 20 heavy (non-hydrogen) atoms. The van der Waals surface area contributed by atoms with E-state index >= 15 is 0 Å². The molecule has 2 aromatic rings. The first-order valence-electron chi connectivity index (χ1n) is 6.11. The lowest BCUT2D eigenvalue weighted by molar-refractivity contribution is 0.292. The lowest BCUT2D eigenvalue weighted by atomic mass is 10.2. The molecule has 2 rings (SSSR count). The van der Waals surface area contributed by atoms with Crippen molar-refractivity contribution in [3.8, 4) is 11.8 Å². The number of hydrogen-bond donors (Lipinski definition) is 0. The van der Waals surface area contributed by atoms with Crippen LogP contribution in [0.2, 0.25) is 10.0 Å². The largest absolute Gasteiger partial charge is 0.487 e. The van der Waals surface area contributed by atoms with Gasteiger partial charge >= 0.3 is 0 Å². The van der Waals surface area contributed by atoms with Gasteiger partial charge in [0.25, 0.3) is 0 Å². The second kappa shape index (κ2) is 6.17. The molecule has 0 radical (unpaired) electrons. The number of aromatic nitrogens is 2. The lowest BCUT2D eigenvalue weighted by Crippen LogP contribution is -2.06. The molecule has 0 amide bonds. The number of aryl methyl sites for hydroxylation is 2. The van der Waals surface area contributed by atoms with Gasteiger partial charge in [-0.1, -0.05) is 23.2 Å². The van der Waals surface area contributed by atoms with E-state index in [1.807, 2.05) is 24.6 Å². The maximum absolute atomic E-state index is 8.82. The van der Waals surface area contributed by atoms with Crippen LogP contribution >= 0.6 is 23.2 Å². The highest BCUT2D eigenvalue weighted by Gasteiger charge is 2.13. The summed E-state index contributed by atoms with van der Waals surface area (Å²) >= 11 is 12.2. The molecular weight excluding hydrogens is 297 g/mol. The van der Waals surface area contributed by atoms with Crippen molar-refractivity contribution >= 4 is 23.2 Å². The molecule has 0 aliphatic heterocycles. The average molecular weight is 310 g/mol. The van der Waals surface area contributed by atoms with Crippen molar-refractivity contribution in [3.05, 3.63) is 45.2 Å². The van der Waals surface area contributed by atoms with E-state index in [0.717, 1.165) is 17.9 Å². The maximum atomic E-state index is 8.82. The number of nitrogens with zero attached hydrogens (tertiary/aromatic N) is 3. The second-order valence-corrected chi connectivity index (χ2v) is 4.99. The summed E-state index contributed by atoms with van der Waals surface area (Å²) in [5.74, 6) is 0.589. The van der Waals surface area contributed by atoms with E-state index in [0.29, 0.717) is 28.0 Å². The van der Waals surface area contributed by atoms with Crippen LogP contribution in [0, 0.1) is 18.3 Å². The number of hydrogen-bond acceptors (Lipinski definition) is 3. The highest BCUT2D eigenvalue weighted by Crippen LogP contribution is 2.25. The highest BCUT2D eigenvalue weighted by molar-refractivity contribution is 6.32. The molecule has 1 heterocycles. The summed E-state index contributed by atoms with van der Waals surface area (Å²) in [5, 5.41) is 14.1.